The minimum Gasteiger partial charge on any atom is -0.495 e. The molecule has 9 nitrogen and oxygen atoms in total. The van der Waals surface area contributed by atoms with Crippen LogP contribution in [0.5, 0.6) is 5.75 Å². The Hall–Kier alpha value is -2.62. The van der Waals surface area contributed by atoms with Crippen molar-refractivity contribution in [1.29, 1.82) is 0 Å². The summed E-state index contributed by atoms with van der Waals surface area (Å²) in [6.07, 6.45) is 8.43. The molecule has 1 aromatic carbocycles. The summed E-state index contributed by atoms with van der Waals surface area (Å²) in [7, 11) is 3.97. The molecule has 1 saturated carbocycles. The molecule has 0 bridgehead atoms. The fourth-order valence-corrected chi connectivity index (χ4v) is 6.09. The van der Waals surface area contributed by atoms with Gasteiger partial charge < -0.3 is 30.3 Å². The second-order valence-corrected chi connectivity index (χ2v) is 11.1. The van der Waals surface area contributed by atoms with E-state index in [1.54, 1.807) is 13.3 Å². The van der Waals surface area contributed by atoms with Crippen molar-refractivity contribution in [3.63, 3.8) is 0 Å². The first kappa shape index (κ1) is 27.0. The average molecular weight is 524 g/mol. The molecule has 3 heterocycles. The van der Waals surface area contributed by atoms with E-state index in [1.165, 1.54) is 39.0 Å². The van der Waals surface area contributed by atoms with Gasteiger partial charge in [-0.2, -0.15) is 0 Å². The zero-order valence-corrected chi connectivity index (χ0v) is 23.3. The van der Waals surface area contributed by atoms with Crippen LogP contribution >= 0.6 is 0 Å². The van der Waals surface area contributed by atoms with Crippen LogP contribution in [0.3, 0.4) is 0 Å². The van der Waals surface area contributed by atoms with Gasteiger partial charge in [0, 0.05) is 63.1 Å². The number of nitrogens with zero attached hydrogens (tertiary/aromatic N) is 5. The molecule has 5 rings (SSSR count). The number of rotatable bonds is 8. The van der Waals surface area contributed by atoms with E-state index >= 15 is 0 Å². The topological polar surface area (TPSA) is 89.0 Å². The molecule has 1 aromatic heterocycles. The van der Waals surface area contributed by atoms with Crippen LogP contribution in [0.1, 0.15) is 51.1 Å². The van der Waals surface area contributed by atoms with E-state index < -0.39 is 0 Å². The number of likely N-dealkylation sites (N-methyl/N-ethyl adjacent to an activating group) is 1. The Kier molecular flexibility index (Phi) is 8.86. The largest absolute Gasteiger partial charge is 0.495 e. The highest BCUT2D eigenvalue weighted by molar-refractivity contribution is 5.68. The van der Waals surface area contributed by atoms with Crippen molar-refractivity contribution < 1.29 is 9.84 Å². The number of piperidine rings is 1. The van der Waals surface area contributed by atoms with Crippen molar-refractivity contribution in [2.24, 2.45) is 0 Å². The van der Waals surface area contributed by atoms with Gasteiger partial charge in [0.1, 0.15) is 11.6 Å². The molecule has 1 aliphatic carbocycles. The number of ether oxygens (including phenoxy) is 1. The van der Waals surface area contributed by atoms with Gasteiger partial charge in [-0.25, -0.2) is 4.98 Å². The Morgan fingerprint density at radius 2 is 1.74 bits per heavy atom. The zero-order valence-electron chi connectivity index (χ0n) is 23.3. The van der Waals surface area contributed by atoms with Crippen LogP contribution in [0.4, 0.5) is 23.0 Å². The van der Waals surface area contributed by atoms with Crippen LogP contribution < -0.4 is 20.3 Å². The van der Waals surface area contributed by atoms with Crippen molar-refractivity contribution in [3.05, 3.63) is 30.1 Å². The summed E-state index contributed by atoms with van der Waals surface area (Å²) >= 11 is 0. The Balaban J connectivity index is 1.22. The molecule has 38 heavy (non-hydrogen) atoms. The predicted octanol–water partition coefficient (Wildman–Crippen LogP) is 3.72. The fraction of sp³-hybridized carbons (Fsp3) is 0.655. The van der Waals surface area contributed by atoms with E-state index in [0.29, 0.717) is 17.9 Å². The highest BCUT2D eigenvalue weighted by Crippen LogP contribution is 2.35. The van der Waals surface area contributed by atoms with Crippen LogP contribution in [0.2, 0.25) is 0 Å². The molecule has 0 atom stereocenters. The van der Waals surface area contributed by atoms with Crippen molar-refractivity contribution in [1.82, 2.24) is 19.8 Å². The molecule has 2 saturated heterocycles. The number of aliphatic hydroxyl groups is 1. The highest BCUT2D eigenvalue weighted by Gasteiger charge is 2.28. The summed E-state index contributed by atoms with van der Waals surface area (Å²) in [6.45, 7) is 8.94. The second kappa shape index (κ2) is 12.5. The lowest BCUT2D eigenvalue weighted by Crippen LogP contribution is -2.52. The summed E-state index contributed by atoms with van der Waals surface area (Å²) < 4.78 is 5.83. The number of aliphatic hydroxyl groups excluding tert-OH is 1. The number of piperazine rings is 1. The fourth-order valence-electron chi connectivity index (χ4n) is 6.09. The number of hydrogen-bond acceptors (Lipinski definition) is 9. The zero-order chi connectivity index (χ0) is 26.5. The van der Waals surface area contributed by atoms with E-state index in [-0.39, 0.29) is 6.10 Å². The van der Waals surface area contributed by atoms with Crippen LogP contribution in [-0.4, -0.2) is 96.5 Å². The summed E-state index contributed by atoms with van der Waals surface area (Å²) in [5.74, 6) is 2.43. The van der Waals surface area contributed by atoms with Crippen molar-refractivity contribution in [2.75, 3.05) is 69.0 Å². The molecule has 3 fully saturated rings. The molecule has 2 aliphatic heterocycles. The van der Waals surface area contributed by atoms with Gasteiger partial charge in [0.15, 0.2) is 5.82 Å². The maximum absolute atomic E-state index is 9.84. The predicted molar refractivity (Wildman–Crippen MR) is 154 cm³/mol. The molecule has 0 spiro atoms. The lowest BCUT2D eigenvalue weighted by atomic mass is 9.93. The first-order valence-corrected chi connectivity index (χ1v) is 14.5. The van der Waals surface area contributed by atoms with Crippen LogP contribution in [0.25, 0.3) is 0 Å². The Morgan fingerprint density at radius 3 is 2.42 bits per heavy atom. The number of hydrogen-bond donors (Lipinski definition) is 3. The van der Waals surface area contributed by atoms with Crippen molar-refractivity contribution in [3.8, 4) is 5.75 Å². The summed E-state index contributed by atoms with van der Waals surface area (Å²) in [6, 6.07) is 7.35. The first-order valence-electron chi connectivity index (χ1n) is 14.5. The molecule has 3 aliphatic rings. The number of methoxy groups -OCH3 is 1. The maximum Gasteiger partial charge on any atom is 0.151 e. The van der Waals surface area contributed by atoms with Crippen molar-refractivity contribution >= 4 is 23.0 Å². The van der Waals surface area contributed by atoms with Crippen LogP contribution in [0.15, 0.2) is 24.4 Å². The van der Waals surface area contributed by atoms with Gasteiger partial charge in [-0.3, -0.25) is 9.88 Å². The molecule has 2 aromatic rings. The highest BCUT2D eigenvalue weighted by atomic mass is 16.5. The number of nitrogens with one attached hydrogen (secondary N) is 2. The smallest absolute Gasteiger partial charge is 0.151 e. The first-order chi connectivity index (χ1) is 18.5. The summed E-state index contributed by atoms with van der Waals surface area (Å²) in [5, 5.41) is 16.9. The van der Waals surface area contributed by atoms with Gasteiger partial charge in [0.25, 0.3) is 0 Å². The third-order valence-electron chi connectivity index (χ3n) is 8.53. The van der Waals surface area contributed by atoms with Crippen LogP contribution in [-0.2, 0) is 6.42 Å². The molecule has 3 N–H and O–H groups in total. The quantitative estimate of drug-likeness (QED) is 0.479. The molecule has 0 radical (unpaired) electrons. The third kappa shape index (κ3) is 6.50. The van der Waals surface area contributed by atoms with E-state index in [9.17, 15) is 5.11 Å². The van der Waals surface area contributed by atoms with Gasteiger partial charge >= 0.3 is 0 Å². The van der Waals surface area contributed by atoms with Gasteiger partial charge in [-0.1, -0.05) is 6.92 Å². The minimum absolute atomic E-state index is 0.168. The lowest BCUT2D eigenvalue weighted by molar-refractivity contribution is 0.0981. The van der Waals surface area contributed by atoms with Gasteiger partial charge in [0.05, 0.1) is 30.8 Å². The monoisotopic (exact) mass is 523 g/mol. The number of benzene rings is 1. The molecule has 0 amide bonds. The van der Waals surface area contributed by atoms with Crippen LogP contribution in [0, 0.1) is 0 Å². The standard InChI is InChI=1S/C29H45N7O2/c1-4-25-29(32-21-5-8-24(37)9-6-21)33-28(20-30-25)31-22-7-10-26(27(19-22)38-3)36-13-11-23(12-14-36)35-17-15-34(2)16-18-35/h7,10,19-21,23-24,37H,4-6,8-9,11-18H2,1-3H3,(H2,31,32,33). The molecule has 0 unspecified atom stereocenters. The SMILES string of the molecule is CCc1ncc(Nc2ccc(N3CCC(N4CCN(C)CC4)CC3)c(OC)c2)nc1NC1CCC(O)CC1. The summed E-state index contributed by atoms with van der Waals surface area (Å²) in [5.41, 5.74) is 3.06. The second-order valence-electron chi connectivity index (χ2n) is 11.1. The Labute approximate surface area is 227 Å². The minimum atomic E-state index is -0.168. The van der Waals surface area contributed by atoms with Gasteiger partial charge in [0.2, 0.25) is 0 Å². The lowest BCUT2D eigenvalue weighted by Gasteiger charge is -2.42. The molecule has 9 heteroatoms. The van der Waals surface area contributed by atoms with E-state index in [1.807, 2.05) is 0 Å². The molecular formula is C29H45N7O2. The number of aryl methyl sites for hydroxylation is 1. The van der Waals surface area contributed by atoms with E-state index in [0.717, 1.165) is 73.8 Å². The van der Waals surface area contributed by atoms with Crippen molar-refractivity contribution in [2.45, 2.75) is 70.1 Å². The third-order valence-corrected chi connectivity index (χ3v) is 8.53. The summed E-state index contributed by atoms with van der Waals surface area (Å²) in [4.78, 5) is 17.1. The average Bonchev–Trinajstić information content (AvgIpc) is 2.95. The molecule has 208 valence electrons. The van der Waals surface area contributed by atoms with E-state index in [2.05, 4.69) is 62.5 Å². The van der Waals surface area contributed by atoms with Gasteiger partial charge in [-0.15, -0.1) is 0 Å². The van der Waals surface area contributed by atoms with Gasteiger partial charge in [-0.05, 0) is 64.1 Å². The number of aromatic nitrogens is 2. The Bertz CT molecular complexity index is 1040. The molecular weight excluding hydrogens is 478 g/mol. The maximum atomic E-state index is 9.84. The van der Waals surface area contributed by atoms with E-state index in [4.69, 9.17) is 9.72 Å². The normalized spacial score (nSPS) is 23.8. The Morgan fingerprint density at radius 1 is 1.00 bits per heavy atom. The number of anilines is 4.